The molecule has 0 saturated carbocycles. The zero-order valence-electron chi connectivity index (χ0n) is 16.4. The number of fused-ring (bicyclic) bond motifs is 1. The van der Waals surface area contributed by atoms with Crippen LogP contribution in [0.3, 0.4) is 0 Å². The smallest absolute Gasteiger partial charge is 0.444 e. The third-order valence-electron chi connectivity index (χ3n) is 4.20. The normalized spacial score (nSPS) is 17.2. The third kappa shape index (κ3) is 5.26. The van der Waals surface area contributed by atoms with Crippen LogP contribution < -0.4 is 0 Å². The summed E-state index contributed by atoms with van der Waals surface area (Å²) in [5.41, 5.74) is 0.166. The van der Waals surface area contributed by atoms with Gasteiger partial charge in [-0.3, -0.25) is 4.90 Å². The van der Waals surface area contributed by atoms with Crippen molar-refractivity contribution >= 4 is 6.09 Å². The van der Waals surface area contributed by atoms with Crippen molar-refractivity contribution in [3.8, 4) is 0 Å². The molecular formula is C19H23F3N4O3. The highest BCUT2D eigenvalue weighted by molar-refractivity contribution is 5.69. The molecule has 0 fully saturated rings. The molecule has 158 valence electrons. The predicted octanol–water partition coefficient (Wildman–Crippen LogP) is 3.81. The van der Waals surface area contributed by atoms with Crippen molar-refractivity contribution in [2.24, 2.45) is 0 Å². The Kier molecular flexibility index (Phi) is 5.83. The van der Waals surface area contributed by atoms with Gasteiger partial charge in [0.25, 0.3) is 5.82 Å². The van der Waals surface area contributed by atoms with Crippen LogP contribution in [0.1, 0.15) is 44.0 Å². The average Bonchev–Trinajstić information content (AvgIpc) is 3.06. The maximum absolute atomic E-state index is 13.1. The number of rotatable bonds is 4. The lowest BCUT2D eigenvalue weighted by molar-refractivity contribution is -0.145. The largest absolute Gasteiger partial charge is 0.453 e. The van der Waals surface area contributed by atoms with Gasteiger partial charge in [-0.15, -0.1) is 5.10 Å². The highest BCUT2D eigenvalue weighted by Crippen LogP contribution is 2.31. The Morgan fingerprint density at radius 2 is 1.86 bits per heavy atom. The molecule has 0 aliphatic carbocycles. The summed E-state index contributed by atoms with van der Waals surface area (Å²) in [7, 11) is 0. The topological polar surface area (TPSA) is 69.5 Å². The third-order valence-corrected chi connectivity index (χ3v) is 4.20. The molecule has 3 rings (SSSR count). The van der Waals surface area contributed by atoms with Gasteiger partial charge in [0, 0.05) is 6.54 Å². The van der Waals surface area contributed by atoms with Gasteiger partial charge in [-0.05, 0) is 26.3 Å². The van der Waals surface area contributed by atoms with Crippen molar-refractivity contribution in [1.82, 2.24) is 19.7 Å². The van der Waals surface area contributed by atoms with Crippen molar-refractivity contribution in [3.63, 3.8) is 0 Å². The second kappa shape index (κ2) is 8.02. The molecule has 1 aliphatic rings. The molecule has 1 amide bonds. The number of ether oxygens (including phenoxy) is 2. The van der Waals surface area contributed by atoms with Crippen LogP contribution in [0.2, 0.25) is 0 Å². The molecule has 2 heterocycles. The molecule has 0 N–H and O–H groups in total. The molecule has 29 heavy (non-hydrogen) atoms. The number of hydrogen-bond acceptors (Lipinski definition) is 5. The number of amides is 1. The minimum absolute atomic E-state index is 0.0301. The van der Waals surface area contributed by atoms with Crippen molar-refractivity contribution < 1.29 is 27.4 Å². The molecule has 1 aromatic heterocycles. The van der Waals surface area contributed by atoms with Gasteiger partial charge in [0.05, 0.1) is 19.8 Å². The van der Waals surface area contributed by atoms with Crippen LogP contribution in [0.5, 0.6) is 0 Å². The monoisotopic (exact) mass is 412 g/mol. The molecule has 0 radical (unpaired) electrons. The summed E-state index contributed by atoms with van der Waals surface area (Å²) in [6.07, 6.45) is -5.30. The number of carbonyl (C=O) groups is 1. The quantitative estimate of drug-likeness (QED) is 0.764. The summed E-state index contributed by atoms with van der Waals surface area (Å²) in [4.78, 5) is 17.6. The van der Waals surface area contributed by atoms with Crippen LogP contribution in [0, 0.1) is 0 Å². The highest BCUT2D eigenvalue weighted by atomic mass is 19.4. The molecule has 10 heteroatoms. The number of halogens is 3. The maximum atomic E-state index is 13.1. The first kappa shape index (κ1) is 21.1. The van der Waals surface area contributed by atoms with Crippen molar-refractivity contribution in [3.05, 3.63) is 47.5 Å². The Bertz CT molecular complexity index is 847. The van der Waals surface area contributed by atoms with Gasteiger partial charge in [0.15, 0.2) is 5.82 Å². The van der Waals surface area contributed by atoms with E-state index in [0.29, 0.717) is 0 Å². The van der Waals surface area contributed by atoms with Crippen LogP contribution in [-0.2, 0) is 28.8 Å². The van der Waals surface area contributed by atoms with Crippen LogP contribution in [-0.4, -0.2) is 44.5 Å². The van der Waals surface area contributed by atoms with E-state index < -0.39 is 29.7 Å². The summed E-state index contributed by atoms with van der Waals surface area (Å²) in [6, 6.07) is 8.49. The Hall–Kier alpha value is -2.62. The molecule has 1 atom stereocenters. The Morgan fingerprint density at radius 3 is 2.48 bits per heavy atom. The molecule has 1 aliphatic heterocycles. The van der Waals surface area contributed by atoms with E-state index in [0.717, 1.165) is 5.56 Å². The van der Waals surface area contributed by atoms with Gasteiger partial charge in [-0.25, -0.2) is 14.5 Å². The van der Waals surface area contributed by atoms with E-state index in [1.807, 2.05) is 30.3 Å². The van der Waals surface area contributed by atoms with Gasteiger partial charge in [-0.2, -0.15) is 13.2 Å². The lowest BCUT2D eigenvalue weighted by Gasteiger charge is -2.36. The van der Waals surface area contributed by atoms with Crippen LogP contribution in [0.4, 0.5) is 18.0 Å². The lowest BCUT2D eigenvalue weighted by atomic mass is 10.2. The zero-order chi connectivity index (χ0) is 21.2. The fourth-order valence-corrected chi connectivity index (χ4v) is 2.95. The second-order valence-corrected chi connectivity index (χ2v) is 7.70. The number of nitrogens with zero attached hydrogens (tertiary/aromatic N) is 4. The predicted molar refractivity (Wildman–Crippen MR) is 96.8 cm³/mol. The zero-order valence-corrected chi connectivity index (χ0v) is 16.4. The fraction of sp³-hybridized carbons (Fsp3) is 0.526. The number of hydrogen-bond donors (Lipinski definition) is 0. The molecule has 7 nitrogen and oxygen atoms in total. The minimum Gasteiger partial charge on any atom is -0.444 e. The van der Waals surface area contributed by atoms with Crippen molar-refractivity contribution in [2.75, 3.05) is 13.2 Å². The van der Waals surface area contributed by atoms with Gasteiger partial charge in [0.2, 0.25) is 0 Å². The average molecular weight is 412 g/mol. The van der Waals surface area contributed by atoms with E-state index in [1.165, 1.54) is 9.58 Å². The second-order valence-electron chi connectivity index (χ2n) is 7.70. The van der Waals surface area contributed by atoms with Crippen molar-refractivity contribution in [2.45, 2.75) is 51.7 Å². The lowest BCUT2D eigenvalue weighted by Crippen LogP contribution is -2.46. The Labute approximate surface area is 166 Å². The van der Waals surface area contributed by atoms with Gasteiger partial charge < -0.3 is 9.47 Å². The first-order valence-corrected chi connectivity index (χ1v) is 9.18. The summed E-state index contributed by atoms with van der Waals surface area (Å²) in [5.74, 6) is -1.20. The van der Waals surface area contributed by atoms with Crippen LogP contribution >= 0.6 is 0 Å². The van der Waals surface area contributed by atoms with Gasteiger partial charge in [-0.1, -0.05) is 30.3 Å². The molecule has 0 saturated heterocycles. The van der Waals surface area contributed by atoms with E-state index in [9.17, 15) is 18.0 Å². The first-order chi connectivity index (χ1) is 13.5. The number of aromatic nitrogens is 3. The van der Waals surface area contributed by atoms with Gasteiger partial charge >= 0.3 is 12.3 Å². The molecule has 0 bridgehead atoms. The number of carbonyl (C=O) groups excluding carboxylic acids is 1. The summed E-state index contributed by atoms with van der Waals surface area (Å²) in [5, 5.41) is 3.55. The van der Waals surface area contributed by atoms with E-state index in [1.54, 1.807) is 20.8 Å². The van der Waals surface area contributed by atoms with E-state index in [2.05, 4.69) is 10.1 Å². The summed E-state index contributed by atoms with van der Waals surface area (Å²) in [6.45, 7) is 5.61. The number of alkyl halides is 3. The standard InChI is InChI=1S/C19H23F3N4O3/c1-18(2,3)29-17(27)25-9-10-26-15(23-16(24-26)19(20,21)22)14(25)12-28-11-13-7-5-4-6-8-13/h4-8,14H,9-12H2,1-3H3. The van der Waals surface area contributed by atoms with Crippen molar-refractivity contribution in [1.29, 1.82) is 0 Å². The maximum Gasteiger partial charge on any atom is 0.453 e. The highest BCUT2D eigenvalue weighted by Gasteiger charge is 2.42. The molecule has 1 aromatic carbocycles. The fourth-order valence-electron chi connectivity index (χ4n) is 2.95. The van der Waals surface area contributed by atoms with E-state index in [4.69, 9.17) is 9.47 Å². The van der Waals surface area contributed by atoms with E-state index in [-0.39, 0.29) is 32.1 Å². The molecule has 2 aromatic rings. The minimum atomic E-state index is -4.67. The molecular weight excluding hydrogens is 389 g/mol. The molecule has 1 unspecified atom stereocenters. The van der Waals surface area contributed by atoms with E-state index >= 15 is 0 Å². The SMILES string of the molecule is CC(C)(C)OC(=O)N1CCn2nc(C(F)(F)F)nc2C1COCc1ccccc1. The summed E-state index contributed by atoms with van der Waals surface area (Å²) >= 11 is 0. The first-order valence-electron chi connectivity index (χ1n) is 9.18. The Morgan fingerprint density at radius 1 is 1.17 bits per heavy atom. The molecule has 0 spiro atoms. The van der Waals surface area contributed by atoms with Crippen LogP contribution in [0.15, 0.2) is 30.3 Å². The number of benzene rings is 1. The van der Waals surface area contributed by atoms with Crippen LogP contribution in [0.25, 0.3) is 0 Å². The Balaban J connectivity index is 1.82. The van der Waals surface area contributed by atoms with Gasteiger partial charge in [0.1, 0.15) is 11.6 Å². The summed E-state index contributed by atoms with van der Waals surface area (Å²) < 4.78 is 51.5.